The Kier molecular flexibility index (Phi) is 8.07. The van der Waals surface area contributed by atoms with Crippen molar-refractivity contribution in [2.45, 2.75) is 16.8 Å². The molecule has 1 atom stereocenters. The number of para-hydroxylation sites is 1. The molecule has 0 aliphatic carbocycles. The number of Topliss-reactive ketones (excluding diaryl/α,β-unsaturated/α-hetero) is 1. The average molecular weight is 588 g/mol. The fourth-order valence-corrected chi connectivity index (χ4v) is 5.53. The van der Waals surface area contributed by atoms with Crippen molar-refractivity contribution >= 4 is 51.9 Å². The Morgan fingerprint density at radius 3 is 2.33 bits per heavy atom. The summed E-state index contributed by atoms with van der Waals surface area (Å²) in [4.78, 5) is 69.4. The van der Waals surface area contributed by atoms with Crippen LogP contribution in [0, 0.1) is 0 Å². The van der Waals surface area contributed by atoms with Crippen molar-refractivity contribution in [3.63, 3.8) is 0 Å². The molecule has 1 aromatic heterocycles. The summed E-state index contributed by atoms with van der Waals surface area (Å²) in [6, 6.07) is 17.3. The number of hydrogen-bond acceptors (Lipinski definition) is 10. The van der Waals surface area contributed by atoms with Gasteiger partial charge in [-0.2, -0.15) is 0 Å². The number of esters is 1. The fourth-order valence-electron chi connectivity index (χ4n) is 4.45. The Morgan fingerprint density at radius 1 is 0.929 bits per heavy atom. The number of imide groups is 1. The SMILES string of the molecule is COc1ccc(C(=O)COC(=O)c2ccc(N3C(=O)CC(Sc4nc5ccccc5c(=O)n4C)C3=O)cc2)cc1OC. The van der Waals surface area contributed by atoms with Crippen molar-refractivity contribution in [3.05, 3.63) is 88.2 Å². The molecule has 11 nitrogen and oxygen atoms in total. The third-order valence-electron chi connectivity index (χ3n) is 6.70. The van der Waals surface area contributed by atoms with E-state index in [1.54, 1.807) is 37.4 Å². The minimum Gasteiger partial charge on any atom is -0.493 e. The minimum atomic E-state index is -0.774. The summed E-state index contributed by atoms with van der Waals surface area (Å²) in [5.41, 5.74) is 0.966. The zero-order valence-corrected chi connectivity index (χ0v) is 23.7. The quantitative estimate of drug-likeness (QED) is 0.124. The molecule has 1 saturated heterocycles. The summed E-state index contributed by atoms with van der Waals surface area (Å²) >= 11 is 1.06. The molecule has 1 fully saturated rings. The van der Waals surface area contributed by atoms with Gasteiger partial charge >= 0.3 is 5.97 Å². The standard InChI is InChI=1S/C30H25N3O8S/c1-32-27(36)20-6-4-5-7-21(20)31-30(32)42-25-15-26(35)33(28(25)37)19-11-8-17(9-12-19)29(38)41-16-22(34)18-10-13-23(39-2)24(14-18)40-3/h4-14,25H,15-16H2,1-3H3. The lowest BCUT2D eigenvalue weighted by atomic mass is 10.1. The predicted molar refractivity (Wildman–Crippen MR) is 154 cm³/mol. The number of benzene rings is 3. The third kappa shape index (κ3) is 5.48. The first kappa shape index (κ1) is 28.6. The van der Waals surface area contributed by atoms with Crippen LogP contribution in [-0.2, 0) is 21.4 Å². The molecule has 1 aliphatic rings. The number of ketones is 1. The van der Waals surface area contributed by atoms with Crippen LogP contribution in [0.4, 0.5) is 5.69 Å². The van der Waals surface area contributed by atoms with Gasteiger partial charge in [0.05, 0.1) is 36.4 Å². The van der Waals surface area contributed by atoms with Gasteiger partial charge in [-0.25, -0.2) is 14.7 Å². The van der Waals surface area contributed by atoms with Gasteiger partial charge in [0, 0.05) is 19.0 Å². The number of hydrogen-bond donors (Lipinski definition) is 0. The lowest BCUT2D eigenvalue weighted by Crippen LogP contribution is -2.31. The number of carbonyl (C=O) groups excluding carboxylic acids is 4. The lowest BCUT2D eigenvalue weighted by molar-refractivity contribution is -0.121. The van der Waals surface area contributed by atoms with Crippen LogP contribution in [0.2, 0.25) is 0 Å². The molecule has 0 saturated carbocycles. The third-order valence-corrected chi connectivity index (χ3v) is 7.92. The number of amides is 2. The summed E-state index contributed by atoms with van der Waals surface area (Å²) in [7, 11) is 4.50. The van der Waals surface area contributed by atoms with E-state index in [4.69, 9.17) is 14.2 Å². The monoisotopic (exact) mass is 587 g/mol. The van der Waals surface area contributed by atoms with E-state index < -0.39 is 35.4 Å². The predicted octanol–water partition coefficient (Wildman–Crippen LogP) is 3.41. The van der Waals surface area contributed by atoms with E-state index in [0.717, 1.165) is 16.7 Å². The van der Waals surface area contributed by atoms with E-state index in [0.29, 0.717) is 27.6 Å². The van der Waals surface area contributed by atoms with Gasteiger partial charge in [-0.15, -0.1) is 0 Å². The van der Waals surface area contributed by atoms with Gasteiger partial charge in [-0.1, -0.05) is 23.9 Å². The van der Waals surface area contributed by atoms with E-state index in [1.807, 2.05) is 0 Å². The molecule has 12 heteroatoms. The van der Waals surface area contributed by atoms with Gasteiger partial charge in [0.15, 0.2) is 29.0 Å². The number of anilines is 1. The van der Waals surface area contributed by atoms with Crippen LogP contribution in [-0.4, -0.2) is 59.2 Å². The maximum absolute atomic E-state index is 13.2. The Morgan fingerprint density at radius 2 is 1.62 bits per heavy atom. The Hall–Kier alpha value is -4.97. The van der Waals surface area contributed by atoms with Crippen LogP contribution in [0.1, 0.15) is 27.1 Å². The minimum absolute atomic E-state index is 0.0752. The smallest absolute Gasteiger partial charge is 0.338 e. The van der Waals surface area contributed by atoms with Crippen molar-refractivity contribution < 1.29 is 33.4 Å². The van der Waals surface area contributed by atoms with Gasteiger partial charge in [0.2, 0.25) is 11.8 Å². The highest BCUT2D eigenvalue weighted by Crippen LogP contribution is 2.33. The van der Waals surface area contributed by atoms with Crippen LogP contribution in [0.3, 0.4) is 0 Å². The van der Waals surface area contributed by atoms with Crippen molar-refractivity contribution in [2.75, 3.05) is 25.7 Å². The zero-order chi connectivity index (χ0) is 30.0. The molecule has 1 aliphatic heterocycles. The highest BCUT2D eigenvalue weighted by molar-refractivity contribution is 8.00. The van der Waals surface area contributed by atoms with Crippen molar-refractivity contribution in [1.82, 2.24) is 9.55 Å². The average Bonchev–Trinajstić information content (AvgIpc) is 3.29. The van der Waals surface area contributed by atoms with E-state index in [1.165, 1.54) is 55.2 Å². The van der Waals surface area contributed by atoms with E-state index in [-0.39, 0.29) is 28.8 Å². The van der Waals surface area contributed by atoms with Crippen LogP contribution < -0.4 is 19.9 Å². The van der Waals surface area contributed by atoms with Crippen molar-refractivity contribution in [3.8, 4) is 11.5 Å². The Labute approximate surface area is 244 Å². The summed E-state index contributed by atoms with van der Waals surface area (Å²) in [6.45, 7) is -0.497. The zero-order valence-electron chi connectivity index (χ0n) is 22.9. The molecule has 0 bridgehead atoms. The molecule has 2 amide bonds. The number of aromatic nitrogens is 2. The molecule has 42 heavy (non-hydrogen) atoms. The van der Waals surface area contributed by atoms with E-state index >= 15 is 0 Å². The number of fused-ring (bicyclic) bond motifs is 1. The first-order valence-electron chi connectivity index (χ1n) is 12.7. The molecular weight excluding hydrogens is 562 g/mol. The second kappa shape index (κ2) is 11.9. The van der Waals surface area contributed by atoms with E-state index in [9.17, 15) is 24.0 Å². The molecule has 1 unspecified atom stereocenters. The molecule has 4 aromatic rings. The van der Waals surface area contributed by atoms with Crippen LogP contribution >= 0.6 is 11.8 Å². The number of methoxy groups -OCH3 is 2. The second-order valence-electron chi connectivity index (χ2n) is 9.27. The van der Waals surface area contributed by atoms with Crippen molar-refractivity contribution in [2.24, 2.45) is 7.05 Å². The number of ether oxygens (including phenoxy) is 3. The largest absolute Gasteiger partial charge is 0.493 e. The molecule has 3 aromatic carbocycles. The molecule has 0 radical (unpaired) electrons. The molecule has 5 rings (SSSR count). The fraction of sp³-hybridized carbons (Fsp3) is 0.200. The summed E-state index contributed by atoms with van der Waals surface area (Å²) in [5.74, 6) is -1.22. The summed E-state index contributed by atoms with van der Waals surface area (Å²) < 4.78 is 16.9. The van der Waals surface area contributed by atoms with Gasteiger partial charge < -0.3 is 14.2 Å². The molecular formula is C30H25N3O8S. The van der Waals surface area contributed by atoms with Gasteiger partial charge in [0.25, 0.3) is 5.56 Å². The highest BCUT2D eigenvalue weighted by atomic mass is 32.2. The first-order valence-corrected chi connectivity index (χ1v) is 13.6. The van der Waals surface area contributed by atoms with Gasteiger partial charge in [-0.3, -0.25) is 23.7 Å². The molecule has 0 N–H and O–H groups in total. The summed E-state index contributed by atoms with van der Waals surface area (Å²) in [5, 5.41) is 0.0140. The molecule has 214 valence electrons. The second-order valence-corrected chi connectivity index (χ2v) is 10.4. The maximum Gasteiger partial charge on any atom is 0.338 e. The number of thioether (sulfide) groups is 1. The first-order chi connectivity index (χ1) is 20.2. The molecule has 2 heterocycles. The van der Waals surface area contributed by atoms with Crippen LogP contribution in [0.5, 0.6) is 11.5 Å². The normalized spacial score (nSPS) is 14.7. The van der Waals surface area contributed by atoms with Crippen LogP contribution in [0.25, 0.3) is 10.9 Å². The number of nitrogens with zero attached hydrogens (tertiary/aromatic N) is 3. The van der Waals surface area contributed by atoms with Gasteiger partial charge in [0.1, 0.15) is 5.25 Å². The van der Waals surface area contributed by atoms with Gasteiger partial charge in [-0.05, 0) is 54.6 Å². The van der Waals surface area contributed by atoms with E-state index in [2.05, 4.69) is 4.98 Å². The van der Waals surface area contributed by atoms with Crippen molar-refractivity contribution in [1.29, 1.82) is 0 Å². The van der Waals surface area contributed by atoms with Crippen LogP contribution in [0.15, 0.2) is 76.7 Å². The molecule has 0 spiro atoms. The Balaban J connectivity index is 1.24. The number of carbonyl (C=O) groups is 4. The maximum atomic E-state index is 13.2. The lowest BCUT2D eigenvalue weighted by Gasteiger charge is -2.16. The number of rotatable bonds is 9. The Bertz CT molecular complexity index is 1780. The topological polar surface area (TPSA) is 134 Å². The summed E-state index contributed by atoms with van der Waals surface area (Å²) in [6.07, 6.45) is -0.0752. The highest BCUT2D eigenvalue weighted by Gasteiger charge is 2.41.